The smallest absolute Gasteiger partial charge is 0.269 e. The van der Waals surface area contributed by atoms with Gasteiger partial charge in [0.25, 0.3) is 5.91 Å². The molecule has 0 aliphatic carbocycles. The number of benzene rings is 1. The molecule has 0 saturated heterocycles. The van der Waals surface area contributed by atoms with Gasteiger partial charge in [0.2, 0.25) is 0 Å². The Hall–Kier alpha value is -2.08. The van der Waals surface area contributed by atoms with Crippen molar-refractivity contribution in [2.75, 3.05) is 12.5 Å². The number of amides is 1. The molecule has 0 atom stereocenters. The van der Waals surface area contributed by atoms with Crippen molar-refractivity contribution in [3.05, 3.63) is 47.0 Å². The van der Waals surface area contributed by atoms with Gasteiger partial charge in [0.15, 0.2) is 11.6 Å². The summed E-state index contributed by atoms with van der Waals surface area (Å²) in [7, 11) is 1.70. The van der Waals surface area contributed by atoms with Gasteiger partial charge in [0.1, 0.15) is 5.69 Å². The highest BCUT2D eigenvalue weighted by molar-refractivity contribution is 6.17. The standard InChI is InChI=1S/C20H27ClFN3O2/c1-15-13-17(25(2)24-15)20(26)23-14-16-9-8-10-18(19(16)22)27-12-7-5-3-4-6-11-21/h8-10,13H,3-7,11-12,14H2,1-2H3,(H,23,26). The molecule has 2 aromatic rings. The van der Waals surface area contributed by atoms with E-state index >= 15 is 0 Å². The molecular weight excluding hydrogens is 369 g/mol. The molecule has 2 rings (SSSR count). The lowest BCUT2D eigenvalue weighted by Gasteiger charge is -2.11. The second kappa shape index (κ2) is 10.9. The van der Waals surface area contributed by atoms with Crippen LogP contribution in [0.2, 0.25) is 0 Å². The van der Waals surface area contributed by atoms with E-state index in [1.165, 1.54) is 4.68 Å². The van der Waals surface area contributed by atoms with Crippen molar-refractivity contribution in [3.63, 3.8) is 0 Å². The molecule has 1 amide bonds. The fourth-order valence-corrected chi connectivity index (χ4v) is 2.99. The molecule has 0 fully saturated rings. The Morgan fingerprint density at radius 1 is 1.26 bits per heavy atom. The maximum Gasteiger partial charge on any atom is 0.269 e. The summed E-state index contributed by atoms with van der Waals surface area (Å²) in [6, 6.07) is 6.68. The maximum absolute atomic E-state index is 14.6. The van der Waals surface area contributed by atoms with Crippen LogP contribution in [0.15, 0.2) is 24.3 Å². The fraction of sp³-hybridized carbons (Fsp3) is 0.500. The molecule has 0 saturated carbocycles. The van der Waals surface area contributed by atoms with Gasteiger partial charge in [-0.15, -0.1) is 11.6 Å². The van der Waals surface area contributed by atoms with Crippen LogP contribution >= 0.6 is 11.6 Å². The first-order chi connectivity index (χ1) is 13.0. The molecule has 0 aliphatic heterocycles. The first kappa shape index (κ1) is 21.2. The highest BCUT2D eigenvalue weighted by Gasteiger charge is 2.14. The number of ether oxygens (including phenoxy) is 1. The van der Waals surface area contributed by atoms with E-state index in [0.717, 1.165) is 37.8 Å². The van der Waals surface area contributed by atoms with Crippen molar-refractivity contribution in [2.24, 2.45) is 7.05 Å². The fourth-order valence-electron chi connectivity index (χ4n) is 2.80. The third-order valence-electron chi connectivity index (χ3n) is 4.25. The Kier molecular flexibility index (Phi) is 8.58. The lowest BCUT2D eigenvalue weighted by molar-refractivity contribution is 0.0941. The number of rotatable bonds is 11. The van der Waals surface area contributed by atoms with Crippen molar-refractivity contribution >= 4 is 17.5 Å². The third-order valence-corrected chi connectivity index (χ3v) is 4.52. The lowest BCUT2D eigenvalue weighted by atomic mass is 10.1. The first-order valence-corrected chi connectivity index (χ1v) is 9.81. The Balaban J connectivity index is 1.83. The van der Waals surface area contributed by atoms with Crippen LogP contribution in [0.4, 0.5) is 4.39 Å². The van der Waals surface area contributed by atoms with Gasteiger partial charge in [-0.2, -0.15) is 5.10 Å². The van der Waals surface area contributed by atoms with E-state index in [-0.39, 0.29) is 18.2 Å². The SMILES string of the molecule is Cc1cc(C(=O)NCc2cccc(OCCCCCCCCl)c2F)n(C)n1. The van der Waals surface area contributed by atoms with Gasteiger partial charge in [-0.3, -0.25) is 9.48 Å². The van der Waals surface area contributed by atoms with E-state index < -0.39 is 5.82 Å². The quantitative estimate of drug-likeness (QED) is 0.454. The van der Waals surface area contributed by atoms with Crippen LogP contribution in [0.5, 0.6) is 5.75 Å². The minimum atomic E-state index is -0.430. The highest BCUT2D eigenvalue weighted by atomic mass is 35.5. The molecule has 0 spiro atoms. The summed E-state index contributed by atoms with van der Waals surface area (Å²) in [6.07, 6.45) is 5.17. The van der Waals surface area contributed by atoms with E-state index in [4.69, 9.17) is 16.3 Å². The monoisotopic (exact) mass is 395 g/mol. The van der Waals surface area contributed by atoms with E-state index in [0.29, 0.717) is 23.7 Å². The Labute approximate surface area is 164 Å². The second-order valence-corrected chi connectivity index (χ2v) is 6.89. The number of nitrogens with zero attached hydrogens (tertiary/aromatic N) is 2. The number of aromatic nitrogens is 2. The number of hydrogen-bond acceptors (Lipinski definition) is 3. The number of aryl methyl sites for hydroxylation is 2. The van der Waals surface area contributed by atoms with Crippen LogP contribution in [0.1, 0.15) is 53.8 Å². The first-order valence-electron chi connectivity index (χ1n) is 9.28. The number of unbranched alkanes of at least 4 members (excludes halogenated alkanes) is 4. The van der Waals surface area contributed by atoms with Gasteiger partial charge in [-0.1, -0.05) is 31.4 Å². The van der Waals surface area contributed by atoms with Crippen molar-refractivity contribution in [1.29, 1.82) is 0 Å². The summed E-state index contributed by atoms with van der Waals surface area (Å²) in [5, 5.41) is 6.87. The van der Waals surface area contributed by atoms with Crippen LogP contribution in [0, 0.1) is 12.7 Å². The van der Waals surface area contributed by atoms with Gasteiger partial charge < -0.3 is 10.1 Å². The third kappa shape index (κ3) is 6.54. The Morgan fingerprint density at radius 2 is 2.00 bits per heavy atom. The van der Waals surface area contributed by atoms with Crippen LogP contribution in [0.25, 0.3) is 0 Å². The van der Waals surface area contributed by atoms with E-state index in [2.05, 4.69) is 10.4 Å². The summed E-state index contributed by atoms with van der Waals surface area (Å²) in [4.78, 5) is 12.2. The normalized spacial score (nSPS) is 10.8. The largest absolute Gasteiger partial charge is 0.491 e. The van der Waals surface area contributed by atoms with E-state index in [9.17, 15) is 9.18 Å². The molecule has 1 N–H and O–H groups in total. The zero-order valence-electron chi connectivity index (χ0n) is 15.9. The van der Waals surface area contributed by atoms with Gasteiger partial charge in [-0.05, 0) is 31.9 Å². The Bertz CT molecular complexity index is 749. The van der Waals surface area contributed by atoms with Gasteiger partial charge >= 0.3 is 0 Å². The molecule has 5 nitrogen and oxygen atoms in total. The van der Waals surface area contributed by atoms with Crippen LogP contribution in [-0.4, -0.2) is 28.2 Å². The molecule has 0 radical (unpaired) electrons. The maximum atomic E-state index is 14.6. The van der Waals surface area contributed by atoms with Crippen molar-refractivity contribution < 1.29 is 13.9 Å². The zero-order valence-corrected chi connectivity index (χ0v) is 16.7. The summed E-state index contributed by atoms with van der Waals surface area (Å²) in [6.45, 7) is 2.38. The van der Waals surface area contributed by atoms with Crippen LogP contribution in [-0.2, 0) is 13.6 Å². The van der Waals surface area contributed by atoms with Gasteiger partial charge in [0.05, 0.1) is 12.3 Å². The molecule has 0 aliphatic rings. The number of carbonyl (C=O) groups is 1. The van der Waals surface area contributed by atoms with Crippen molar-refractivity contribution in [2.45, 2.75) is 45.6 Å². The minimum Gasteiger partial charge on any atom is -0.491 e. The molecule has 1 aromatic carbocycles. The van der Waals surface area contributed by atoms with Gasteiger partial charge in [0, 0.05) is 25.0 Å². The second-order valence-electron chi connectivity index (χ2n) is 6.51. The van der Waals surface area contributed by atoms with Crippen LogP contribution < -0.4 is 10.1 Å². The predicted octanol–water partition coefficient (Wildman–Crippen LogP) is 4.37. The van der Waals surface area contributed by atoms with E-state index in [1.54, 1.807) is 31.3 Å². The molecule has 0 unspecified atom stereocenters. The molecule has 7 heteroatoms. The van der Waals surface area contributed by atoms with Gasteiger partial charge in [-0.25, -0.2) is 4.39 Å². The molecule has 27 heavy (non-hydrogen) atoms. The minimum absolute atomic E-state index is 0.0878. The average Bonchev–Trinajstić information content (AvgIpc) is 2.99. The zero-order chi connectivity index (χ0) is 19.6. The summed E-state index contributed by atoms with van der Waals surface area (Å²) >= 11 is 5.65. The summed E-state index contributed by atoms with van der Waals surface area (Å²) in [5.74, 6) is 0.200. The number of nitrogens with one attached hydrogen (secondary N) is 1. The summed E-state index contributed by atoms with van der Waals surface area (Å²) in [5.41, 5.74) is 1.59. The number of halogens is 2. The molecule has 1 heterocycles. The summed E-state index contributed by atoms with van der Waals surface area (Å²) < 4.78 is 21.7. The molecule has 148 valence electrons. The number of carbonyl (C=O) groups excluding carboxylic acids is 1. The van der Waals surface area contributed by atoms with E-state index in [1.807, 2.05) is 6.92 Å². The van der Waals surface area contributed by atoms with Crippen LogP contribution in [0.3, 0.4) is 0 Å². The lowest BCUT2D eigenvalue weighted by Crippen LogP contribution is -2.25. The number of alkyl halides is 1. The van der Waals surface area contributed by atoms with Crippen molar-refractivity contribution in [3.8, 4) is 5.75 Å². The topological polar surface area (TPSA) is 56.1 Å². The number of hydrogen-bond donors (Lipinski definition) is 1. The Morgan fingerprint density at radius 3 is 2.70 bits per heavy atom. The predicted molar refractivity (Wildman–Crippen MR) is 105 cm³/mol. The average molecular weight is 396 g/mol. The highest BCUT2D eigenvalue weighted by Crippen LogP contribution is 2.21. The molecular formula is C20H27ClFN3O2. The molecule has 1 aromatic heterocycles. The van der Waals surface area contributed by atoms with Crippen molar-refractivity contribution in [1.82, 2.24) is 15.1 Å². The molecule has 0 bridgehead atoms.